The number of aryl methyl sites for hydroxylation is 1. The summed E-state index contributed by atoms with van der Waals surface area (Å²) in [4.78, 5) is 0. The lowest BCUT2D eigenvalue weighted by molar-refractivity contribution is 0.415. The maximum atomic E-state index is 5.71. The minimum Gasteiger partial charge on any atom is -0.497 e. The molecule has 13 rings (SSSR count). The first-order valence-corrected chi connectivity index (χ1v) is 23.1. The van der Waals surface area contributed by atoms with Crippen molar-refractivity contribution < 1.29 is 4.74 Å². The van der Waals surface area contributed by atoms with Crippen LogP contribution in [0.2, 0.25) is 0 Å². The largest absolute Gasteiger partial charge is 0.497 e. The lowest BCUT2D eigenvalue weighted by Gasteiger charge is -2.23. The molecule has 0 fully saturated rings. The average Bonchev–Trinajstić information content (AvgIpc) is 3.89. The molecule has 0 aliphatic rings. The van der Waals surface area contributed by atoms with Gasteiger partial charge in [-0.25, -0.2) is 0 Å². The number of methoxy groups -OCH3 is 1. The van der Waals surface area contributed by atoms with Crippen LogP contribution in [0.25, 0.3) is 128 Å². The van der Waals surface area contributed by atoms with Crippen LogP contribution in [-0.2, 0) is 0 Å². The first-order chi connectivity index (χ1) is 31.1. The molecule has 2 heterocycles. The topological polar surface area (TPSA) is 9.23 Å². The van der Waals surface area contributed by atoms with Crippen molar-refractivity contribution in [2.24, 2.45) is 0 Å². The normalized spacial score (nSPS) is 12.0. The van der Waals surface area contributed by atoms with Crippen molar-refractivity contribution in [3.05, 3.63) is 200 Å². The van der Waals surface area contributed by atoms with Crippen molar-refractivity contribution in [2.75, 3.05) is 7.11 Å². The number of hydrogen-bond acceptors (Lipinski definition) is 3. The van der Waals surface area contributed by atoms with Crippen molar-refractivity contribution >= 4 is 106 Å². The van der Waals surface area contributed by atoms with E-state index in [1.165, 1.54) is 128 Å². The maximum Gasteiger partial charge on any atom is 0.118 e. The van der Waals surface area contributed by atoms with E-state index in [0.29, 0.717) is 0 Å². The van der Waals surface area contributed by atoms with E-state index in [9.17, 15) is 0 Å². The molecular formula is C60H38OS2. The van der Waals surface area contributed by atoms with Crippen LogP contribution < -0.4 is 4.74 Å². The van der Waals surface area contributed by atoms with Crippen molar-refractivity contribution in [1.29, 1.82) is 0 Å². The van der Waals surface area contributed by atoms with Crippen LogP contribution >= 0.6 is 22.7 Å². The van der Waals surface area contributed by atoms with E-state index >= 15 is 0 Å². The van der Waals surface area contributed by atoms with Crippen LogP contribution in [0.5, 0.6) is 5.75 Å². The predicted molar refractivity (Wildman–Crippen MR) is 275 cm³/mol. The molecule has 2 aromatic heterocycles. The molecule has 0 atom stereocenters. The number of benzene rings is 11. The lowest BCUT2D eigenvalue weighted by Crippen LogP contribution is -1.95. The van der Waals surface area contributed by atoms with Gasteiger partial charge in [-0.15, -0.1) is 22.7 Å². The van der Waals surface area contributed by atoms with Gasteiger partial charge in [0.05, 0.1) is 7.11 Å². The molecule has 0 spiro atoms. The molecule has 0 radical (unpaired) electrons. The van der Waals surface area contributed by atoms with Gasteiger partial charge in [0, 0.05) is 40.3 Å². The fourth-order valence-corrected chi connectivity index (χ4v) is 12.5. The van der Waals surface area contributed by atoms with Crippen LogP contribution in [0, 0.1) is 6.92 Å². The summed E-state index contributed by atoms with van der Waals surface area (Å²) < 4.78 is 10.9. The Morgan fingerprint density at radius 1 is 0.286 bits per heavy atom. The molecule has 3 heteroatoms. The minimum atomic E-state index is 0.845. The lowest BCUT2D eigenvalue weighted by atomic mass is 9.80. The summed E-state index contributed by atoms with van der Waals surface area (Å²) in [5, 5.41) is 15.3. The Morgan fingerprint density at radius 2 is 0.635 bits per heavy atom. The molecule has 296 valence electrons. The third-order valence-corrected chi connectivity index (χ3v) is 15.5. The molecule has 0 saturated heterocycles. The van der Waals surface area contributed by atoms with Gasteiger partial charge in [-0.1, -0.05) is 139 Å². The van der Waals surface area contributed by atoms with Gasteiger partial charge < -0.3 is 4.74 Å². The second-order valence-corrected chi connectivity index (χ2v) is 18.9. The highest BCUT2D eigenvalue weighted by molar-refractivity contribution is 7.26. The average molecular weight is 839 g/mol. The molecule has 0 aliphatic carbocycles. The third kappa shape index (κ3) is 5.60. The fraction of sp³-hybridized carbons (Fsp3) is 0.0333. The summed E-state index contributed by atoms with van der Waals surface area (Å²) in [6.45, 7) is 2.18. The Labute approximate surface area is 372 Å². The molecule has 0 amide bonds. The van der Waals surface area contributed by atoms with Gasteiger partial charge in [-0.3, -0.25) is 0 Å². The molecule has 11 aromatic carbocycles. The predicted octanol–water partition coefficient (Wildman–Crippen LogP) is 18.0. The second-order valence-electron chi connectivity index (χ2n) is 16.8. The van der Waals surface area contributed by atoms with Crippen LogP contribution in [0.1, 0.15) is 5.56 Å². The summed E-state index contributed by atoms with van der Waals surface area (Å²) in [6.07, 6.45) is 0. The van der Waals surface area contributed by atoms with E-state index in [1.807, 2.05) is 22.7 Å². The van der Waals surface area contributed by atoms with Crippen LogP contribution in [0.4, 0.5) is 0 Å². The minimum absolute atomic E-state index is 0.845. The number of ether oxygens (including phenoxy) is 1. The van der Waals surface area contributed by atoms with Gasteiger partial charge in [0.1, 0.15) is 5.75 Å². The molecule has 0 N–H and O–H groups in total. The summed E-state index contributed by atoms with van der Waals surface area (Å²) >= 11 is 3.78. The summed E-state index contributed by atoms with van der Waals surface area (Å²) in [5.74, 6) is 0.845. The monoisotopic (exact) mass is 838 g/mol. The van der Waals surface area contributed by atoms with E-state index in [4.69, 9.17) is 4.74 Å². The molecule has 63 heavy (non-hydrogen) atoms. The zero-order chi connectivity index (χ0) is 41.8. The first-order valence-electron chi connectivity index (χ1n) is 21.5. The highest BCUT2D eigenvalue weighted by atomic mass is 32.1. The molecule has 0 bridgehead atoms. The van der Waals surface area contributed by atoms with Gasteiger partial charge >= 0.3 is 0 Å². The molecule has 0 unspecified atom stereocenters. The Kier molecular flexibility index (Phi) is 8.15. The first kappa shape index (κ1) is 36.4. The Bertz CT molecular complexity index is 3970. The summed E-state index contributed by atoms with van der Waals surface area (Å²) in [5.41, 5.74) is 11.0. The standard InChI is InChI=1S/C60H38OS2/c1-35-21-23-38(24-22-35)59-49-30-47-41-17-9-11-19-53(41)62-55(47)33-45(49)43-29-44-46-34-56-48(42-18-10-12-20-54(42)63-56)31-50(46)60(39-25-27-40(61-2)28-26-39)58(37-15-7-4-8-16-37)52(44)32-51(43)57(59)36-13-5-3-6-14-36/h3-34H,1-2H3. The van der Waals surface area contributed by atoms with Crippen molar-refractivity contribution in [3.63, 3.8) is 0 Å². The van der Waals surface area contributed by atoms with E-state index in [2.05, 4.69) is 201 Å². The summed E-state index contributed by atoms with van der Waals surface area (Å²) in [7, 11) is 1.74. The quantitative estimate of drug-likeness (QED) is 0.124. The number of rotatable bonds is 5. The maximum absolute atomic E-state index is 5.71. The van der Waals surface area contributed by atoms with Crippen molar-refractivity contribution in [3.8, 4) is 50.3 Å². The number of hydrogen-bond donors (Lipinski definition) is 0. The van der Waals surface area contributed by atoms with E-state index in [-0.39, 0.29) is 0 Å². The fourth-order valence-electron chi connectivity index (χ4n) is 10.3. The third-order valence-electron chi connectivity index (χ3n) is 13.2. The van der Waals surface area contributed by atoms with Crippen LogP contribution in [0.3, 0.4) is 0 Å². The zero-order valence-corrected chi connectivity index (χ0v) is 36.3. The molecular weight excluding hydrogens is 801 g/mol. The molecule has 1 nitrogen and oxygen atoms in total. The van der Waals surface area contributed by atoms with Crippen LogP contribution in [-0.4, -0.2) is 7.11 Å². The summed E-state index contributed by atoms with van der Waals surface area (Å²) in [6, 6.07) is 72.7. The van der Waals surface area contributed by atoms with Crippen molar-refractivity contribution in [1.82, 2.24) is 0 Å². The second kappa shape index (κ2) is 14.1. The molecule has 0 saturated carbocycles. The Balaban J connectivity index is 1.30. The Morgan fingerprint density at radius 3 is 1.08 bits per heavy atom. The zero-order valence-electron chi connectivity index (χ0n) is 34.7. The number of thiophene rings is 2. The van der Waals surface area contributed by atoms with Gasteiger partial charge in [-0.2, -0.15) is 0 Å². The molecule has 13 aromatic rings. The van der Waals surface area contributed by atoms with E-state index in [0.717, 1.165) is 11.3 Å². The van der Waals surface area contributed by atoms with Gasteiger partial charge in [-0.05, 0) is 155 Å². The van der Waals surface area contributed by atoms with Gasteiger partial charge in [0.2, 0.25) is 0 Å². The smallest absolute Gasteiger partial charge is 0.118 e. The highest BCUT2D eigenvalue weighted by Gasteiger charge is 2.24. The van der Waals surface area contributed by atoms with E-state index < -0.39 is 0 Å². The van der Waals surface area contributed by atoms with Crippen LogP contribution in [0.15, 0.2) is 194 Å². The van der Waals surface area contributed by atoms with Gasteiger partial charge in [0.15, 0.2) is 0 Å². The SMILES string of the molecule is COc1ccc(-c2c(-c3ccccc3)c3cc4c(-c5ccccc5)c(-c5ccc(C)cc5)c5cc6c(cc5c4cc3c3cc4sc5ccccc5c4cc23)sc2ccccc26)cc1. The Hall–Kier alpha value is -7.30. The molecule has 0 aliphatic heterocycles. The van der Waals surface area contributed by atoms with E-state index in [1.54, 1.807) is 7.11 Å². The number of fused-ring (bicyclic) bond motifs is 12. The highest BCUT2D eigenvalue weighted by Crippen LogP contribution is 2.52. The van der Waals surface area contributed by atoms with Gasteiger partial charge in [0.25, 0.3) is 0 Å². The van der Waals surface area contributed by atoms with Crippen molar-refractivity contribution in [2.45, 2.75) is 6.92 Å².